The van der Waals surface area contributed by atoms with E-state index in [1.54, 1.807) is 4.90 Å². The van der Waals surface area contributed by atoms with E-state index in [9.17, 15) is 9.59 Å². The number of amides is 1. The maximum Gasteiger partial charge on any atom is 0.308 e. The molecule has 20 heavy (non-hydrogen) atoms. The summed E-state index contributed by atoms with van der Waals surface area (Å²) in [5, 5.41) is 6.21. The van der Waals surface area contributed by atoms with Crippen LogP contribution in [0, 0.1) is 0 Å². The Hall–Kier alpha value is -1.41. The quantitative estimate of drug-likeness (QED) is 0.380. The number of piperazine rings is 1. The lowest BCUT2D eigenvalue weighted by atomic mass is 10.1. The summed E-state index contributed by atoms with van der Waals surface area (Å²) in [6.07, 6.45) is -0.0267. The van der Waals surface area contributed by atoms with Crippen LogP contribution in [0.4, 0.5) is 0 Å². The summed E-state index contributed by atoms with van der Waals surface area (Å²) in [7, 11) is 1.53. The fourth-order valence-corrected chi connectivity index (χ4v) is 2.23. The molecule has 1 unspecified atom stereocenters. The summed E-state index contributed by atoms with van der Waals surface area (Å²) in [5.41, 5.74) is 0. The zero-order valence-electron chi connectivity index (χ0n) is 11.8. The van der Waals surface area contributed by atoms with Crippen LogP contribution in [0.5, 0.6) is 0 Å². The molecule has 0 aromatic carbocycles. The fourth-order valence-electron chi connectivity index (χ4n) is 1.87. The summed E-state index contributed by atoms with van der Waals surface area (Å²) in [5.74, 6) is -0.645. The molecule has 1 aliphatic rings. The molecule has 0 bridgehead atoms. The minimum absolute atomic E-state index is 0.0267. The van der Waals surface area contributed by atoms with Gasteiger partial charge in [0.15, 0.2) is 5.11 Å². The third kappa shape index (κ3) is 4.93. The number of nitrogens with zero attached hydrogens (tertiary/aromatic N) is 1. The van der Waals surface area contributed by atoms with Crippen molar-refractivity contribution in [1.29, 1.82) is 0 Å². The smallest absolute Gasteiger partial charge is 0.308 e. The van der Waals surface area contributed by atoms with E-state index in [-0.39, 0.29) is 18.9 Å². The van der Waals surface area contributed by atoms with Gasteiger partial charge >= 0.3 is 5.97 Å². The van der Waals surface area contributed by atoms with E-state index in [1.165, 1.54) is 7.11 Å². The average Bonchev–Trinajstić information content (AvgIpc) is 2.41. The Bertz CT molecular complexity index is 365. The van der Waals surface area contributed by atoms with Crippen LogP contribution < -0.4 is 10.6 Å². The minimum atomic E-state index is -0.620. The molecule has 1 aliphatic heterocycles. The second-order valence-corrected chi connectivity index (χ2v) is 4.64. The van der Waals surface area contributed by atoms with E-state index >= 15 is 0 Å². The maximum absolute atomic E-state index is 11.9. The first kappa shape index (κ1) is 16.6. The van der Waals surface area contributed by atoms with Crippen molar-refractivity contribution in [3.8, 4) is 0 Å². The zero-order valence-corrected chi connectivity index (χ0v) is 12.6. The lowest BCUT2D eigenvalue weighted by Gasteiger charge is -2.36. The molecule has 1 saturated heterocycles. The molecule has 1 rings (SSSR count). The Morgan fingerprint density at radius 3 is 2.95 bits per heavy atom. The molecule has 0 saturated carbocycles. The lowest BCUT2D eigenvalue weighted by Crippen LogP contribution is -2.59. The van der Waals surface area contributed by atoms with Crippen molar-refractivity contribution in [1.82, 2.24) is 15.5 Å². The number of hydrogen-bond donors (Lipinski definition) is 2. The number of carbonyl (C=O) groups excluding carboxylic acids is 2. The van der Waals surface area contributed by atoms with Crippen LogP contribution >= 0.6 is 12.2 Å². The number of methoxy groups -OCH3 is 1. The van der Waals surface area contributed by atoms with Crippen molar-refractivity contribution in [3.63, 3.8) is 0 Å². The number of ether oxygens (including phenoxy) is 2. The first-order valence-electron chi connectivity index (χ1n) is 6.56. The van der Waals surface area contributed by atoms with Gasteiger partial charge in [-0.15, -0.1) is 0 Å². The molecule has 2 N–H and O–H groups in total. The molecule has 0 aromatic rings. The van der Waals surface area contributed by atoms with Gasteiger partial charge in [0.05, 0.1) is 13.0 Å². The fraction of sp³-hybridized carbons (Fsp3) is 0.750. The Balaban J connectivity index is 2.58. The van der Waals surface area contributed by atoms with Gasteiger partial charge in [0.1, 0.15) is 12.6 Å². The van der Waals surface area contributed by atoms with E-state index in [0.29, 0.717) is 31.4 Å². The standard InChI is InChI=1S/C12H21N3O4S/c1-3-13-12(20)15-5-4-14-11(17)9(15)8-10(16)19-7-6-18-2/h9H,3-8H2,1-2H3,(H,13,20)(H,14,17). The molecule has 0 radical (unpaired) electrons. The van der Waals surface area contributed by atoms with Crippen LogP contribution in [0.1, 0.15) is 13.3 Å². The highest BCUT2D eigenvalue weighted by Crippen LogP contribution is 2.10. The Kier molecular flexibility index (Phi) is 7.24. The minimum Gasteiger partial charge on any atom is -0.463 e. The Morgan fingerprint density at radius 2 is 2.30 bits per heavy atom. The van der Waals surface area contributed by atoms with Gasteiger partial charge in [-0.3, -0.25) is 9.59 Å². The molecule has 0 aliphatic carbocycles. The van der Waals surface area contributed by atoms with Gasteiger partial charge in [-0.2, -0.15) is 0 Å². The normalized spacial score (nSPS) is 18.4. The van der Waals surface area contributed by atoms with Crippen molar-refractivity contribution in [2.45, 2.75) is 19.4 Å². The van der Waals surface area contributed by atoms with Gasteiger partial charge in [-0.05, 0) is 19.1 Å². The van der Waals surface area contributed by atoms with E-state index in [2.05, 4.69) is 10.6 Å². The van der Waals surface area contributed by atoms with Crippen molar-refractivity contribution < 1.29 is 19.1 Å². The molecule has 114 valence electrons. The lowest BCUT2D eigenvalue weighted by molar-refractivity contribution is -0.148. The maximum atomic E-state index is 11.9. The predicted molar refractivity (Wildman–Crippen MR) is 77.2 cm³/mol. The van der Waals surface area contributed by atoms with Gasteiger partial charge in [0.2, 0.25) is 5.91 Å². The molecule has 1 amide bonds. The van der Waals surface area contributed by atoms with E-state index in [4.69, 9.17) is 21.7 Å². The van der Waals surface area contributed by atoms with Gasteiger partial charge < -0.3 is 25.0 Å². The van der Waals surface area contributed by atoms with Crippen LogP contribution in [0.25, 0.3) is 0 Å². The number of rotatable bonds is 6. The number of thiocarbonyl (C=S) groups is 1. The molecule has 7 nitrogen and oxygen atoms in total. The van der Waals surface area contributed by atoms with Crippen LogP contribution in [0.15, 0.2) is 0 Å². The molecule has 0 aromatic heterocycles. The summed E-state index contributed by atoms with van der Waals surface area (Å²) < 4.78 is 9.78. The average molecular weight is 303 g/mol. The van der Waals surface area contributed by atoms with Crippen LogP contribution in [0.2, 0.25) is 0 Å². The summed E-state index contributed by atoms with van der Waals surface area (Å²) >= 11 is 5.22. The van der Waals surface area contributed by atoms with E-state index in [0.717, 1.165) is 0 Å². The second kappa shape index (κ2) is 8.70. The first-order chi connectivity index (χ1) is 9.60. The topological polar surface area (TPSA) is 79.9 Å². The highest BCUT2D eigenvalue weighted by molar-refractivity contribution is 7.80. The van der Waals surface area contributed by atoms with E-state index < -0.39 is 12.0 Å². The second-order valence-electron chi connectivity index (χ2n) is 4.25. The molecule has 1 atom stereocenters. The summed E-state index contributed by atoms with van der Waals surface area (Å²) in [6, 6.07) is -0.620. The molecular weight excluding hydrogens is 282 g/mol. The zero-order chi connectivity index (χ0) is 15.0. The molecule has 8 heteroatoms. The molecule has 1 heterocycles. The van der Waals surface area contributed by atoms with Crippen LogP contribution in [-0.2, 0) is 19.1 Å². The third-order valence-corrected chi connectivity index (χ3v) is 3.21. The third-order valence-electron chi connectivity index (χ3n) is 2.83. The summed E-state index contributed by atoms with van der Waals surface area (Å²) in [6.45, 7) is 4.20. The van der Waals surface area contributed by atoms with Crippen LogP contribution in [-0.4, -0.2) is 67.9 Å². The molecule has 1 fully saturated rings. The van der Waals surface area contributed by atoms with E-state index in [1.807, 2.05) is 6.92 Å². The van der Waals surface area contributed by atoms with Gasteiger partial charge in [-0.1, -0.05) is 0 Å². The summed E-state index contributed by atoms with van der Waals surface area (Å²) in [4.78, 5) is 25.3. The van der Waals surface area contributed by atoms with Gasteiger partial charge in [0.25, 0.3) is 0 Å². The predicted octanol–water partition coefficient (Wildman–Crippen LogP) is -0.739. The monoisotopic (exact) mass is 303 g/mol. The van der Waals surface area contributed by atoms with Crippen LogP contribution in [0.3, 0.4) is 0 Å². The van der Waals surface area contributed by atoms with Gasteiger partial charge in [-0.25, -0.2) is 0 Å². The number of nitrogens with one attached hydrogen (secondary N) is 2. The molecule has 0 spiro atoms. The van der Waals surface area contributed by atoms with Crippen molar-refractivity contribution >= 4 is 29.2 Å². The largest absolute Gasteiger partial charge is 0.463 e. The first-order valence-corrected chi connectivity index (χ1v) is 6.97. The van der Waals surface area contributed by atoms with Crippen molar-refractivity contribution in [2.24, 2.45) is 0 Å². The number of hydrogen-bond acceptors (Lipinski definition) is 5. The van der Waals surface area contributed by atoms with Crippen molar-refractivity contribution in [2.75, 3.05) is 40.0 Å². The molecular formula is C12H21N3O4S. The van der Waals surface area contributed by atoms with Gasteiger partial charge in [0, 0.05) is 26.7 Å². The Morgan fingerprint density at radius 1 is 1.55 bits per heavy atom. The highest BCUT2D eigenvalue weighted by atomic mass is 32.1. The van der Waals surface area contributed by atoms with Crippen molar-refractivity contribution in [3.05, 3.63) is 0 Å². The SMILES string of the molecule is CCNC(=S)N1CCNC(=O)C1CC(=O)OCCOC. The Labute approximate surface area is 124 Å². The number of carbonyl (C=O) groups is 2. The highest BCUT2D eigenvalue weighted by Gasteiger charge is 2.33. The number of esters is 1.